The molecule has 0 bridgehead atoms. The first kappa shape index (κ1) is 12.6. The fourth-order valence-electron chi connectivity index (χ4n) is 1.76. The highest BCUT2D eigenvalue weighted by atomic mass is 35.5. The molecule has 90 valence electrons. The van der Waals surface area contributed by atoms with Crippen molar-refractivity contribution in [3.8, 4) is 0 Å². The Balaban J connectivity index is 2.39. The first-order valence-electron chi connectivity index (χ1n) is 5.61. The largest absolute Gasteiger partial charge is 0.305 e. The van der Waals surface area contributed by atoms with Crippen molar-refractivity contribution in [2.24, 2.45) is 0 Å². The Morgan fingerprint density at radius 3 is 2.88 bits per heavy atom. The highest BCUT2D eigenvalue weighted by Crippen LogP contribution is 2.32. The lowest BCUT2D eigenvalue weighted by atomic mass is 10.1. The van der Waals surface area contributed by atoms with Crippen molar-refractivity contribution in [1.29, 1.82) is 0 Å². The minimum atomic E-state index is 0.0902. The van der Waals surface area contributed by atoms with Gasteiger partial charge in [-0.15, -0.1) is 11.3 Å². The summed E-state index contributed by atoms with van der Waals surface area (Å²) in [5.74, 6) is 0. The van der Waals surface area contributed by atoms with Crippen LogP contribution in [-0.4, -0.2) is 11.5 Å². The molecule has 0 radical (unpaired) electrons. The number of pyridine rings is 1. The molecule has 1 N–H and O–H groups in total. The van der Waals surface area contributed by atoms with Gasteiger partial charge in [-0.2, -0.15) is 0 Å². The Hall–Kier alpha value is -0.900. The zero-order valence-electron chi connectivity index (χ0n) is 9.90. The SMILES string of the molecule is CCNC(c1cc(C)ccn1)c1sccc1Cl. The van der Waals surface area contributed by atoms with Crippen LogP contribution in [0.2, 0.25) is 5.02 Å². The minimum absolute atomic E-state index is 0.0902. The Labute approximate surface area is 111 Å². The van der Waals surface area contributed by atoms with Crippen LogP contribution in [-0.2, 0) is 0 Å². The number of nitrogens with zero attached hydrogens (tertiary/aromatic N) is 1. The van der Waals surface area contributed by atoms with Crippen LogP contribution in [0.1, 0.15) is 29.1 Å². The van der Waals surface area contributed by atoms with Crippen molar-refractivity contribution in [3.63, 3.8) is 0 Å². The number of halogens is 1. The second kappa shape index (κ2) is 5.63. The monoisotopic (exact) mass is 266 g/mol. The number of nitrogens with one attached hydrogen (secondary N) is 1. The normalized spacial score (nSPS) is 12.6. The Morgan fingerprint density at radius 1 is 1.47 bits per heavy atom. The van der Waals surface area contributed by atoms with Gasteiger partial charge in [-0.3, -0.25) is 4.98 Å². The number of hydrogen-bond acceptors (Lipinski definition) is 3. The Kier molecular flexibility index (Phi) is 4.15. The molecule has 0 saturated heterocycles. The van der Waals surface area contributed by atoms with E-state index >= 15 is 0 Å². The van der Waals surface area contributed by atoms with Gasteiger partial charge in [-0.1, -0.05) is 18.5 Å². The van der Waals surface area contributed by atoms with Gasteiger partial charge >= 0.3 is 0 Å². The summed E-state index contributed by atoms with van der Waals surface area (Å²) in [6.45, 7) is 5.04. The number of rotatable bonds is 4. The number of hydrogen-bond donors (Lipinski definition) is 1. The summed E-state index contributed by atoms with van der Waals surface area (Å²) >= 11 is 7.87. The summed E-state index contributed by atoms with van der Waals surface area (Å²) in [5.41, 5.74) is 2.24. The average molecular weight is 267 g/mol. The molecule has 0 aliphatic carbocycles. The lowest BCUT2D eigenvalue weighted by Crippen LogP contribution is -2.22. The summed E-state index contributed by atoms with van der Waals surface area (Å²) in [6.07, 6.45) is 1.84. The van der Waals surface area contributed by atoms with Crippen molar-refractivity contribution in [2.45, 2.75) is 19.9 Å². The fourth-order valence-corrected chi connectivity index (χ4v) is 3.02. The van der Waals surface area contributed by atoms with Gasteiger partial charge in [0.1, 0.15) is 0 Å². The second-order valence-electron chi connectivity index (χ2n) is 3.88. The lowest BCUT2D eigenvalue weighted by Gasteiger charge is -2.17. The molecule has 0 aliphatic heterocycles. The third-order valence-electron chi connectivity index (χ3n) is 2.55. The molecule has 2 aromatic heterocycles. The van der Waals surface area contributed by atoms with Crippen LogP contribution < -0.4 is 5.32 Å². The van der Waals surface area contributed by atoms with Crippen molar-refractivity contribution < 1.29 is 0 Å². The van der Waals surface area contributed by atoms with Crippen LogP contribution in [0, 0.1) is 6.92 Å². The van der Waals surface area contributed by atoms with E-state index in [1.807, 2.05) is 23.7 Å². The number of thiophene rings is 1. The van der Waals surface area contributed by atoms with Gasteiger partial charge in [0.2, 0.25) is 0 Å². The molecular formula is C13H15ClN2S. The van der Waals surface area contributed by atoms with Crippen molar-refractivity contribution in [1.82, 2.24) is 10.3 Å². The smallest absolute Gasteiger partial charge is 0.0860 e. The van der Waals surface area contributed by atoms with Crippen LogP contribution in [0.5, 0.6) is 0 Å². The van der Waals surface area contributed by atoms with Gasteiger partial charge in [0.15, 0.2) is 0 Å². The highest BCUT2D eigenvalue weighted by molar-refractivity contribution is 7.10. The third kappa shape index (κ3) is 2.86. The molecule has 2 aromatic rings. The zero-order valence-corrected chi connectivity index (χ0v) is 11.5. The predicted molar refractivity (Wildman–Crippen MR) is 73.8 cm³/mol. The third-order valence-corrected chi connectivity index (χ3v) is 3.97. The molecule has 2 nitrogen and oxygen atoms in total. The summed E-state index contributed by atoms with van der Waals surface area (Å²) in [6, 6.07) is 6.13. The lowest BCUT2D eigenvalue weighted by molar-refractivity contribution is 0.624. The van der Waals surface area contributed by atoms with Gasteiger partial charge in [0.05, 0.1) is 16.8 Å². The van der Waals surface area contributed by atoms with E-state index in [1.165, 1.54) is 5.56 Å². The summed E-state index contributed by atoms with van der Waals surface area (Å²) in [5, 5.41) is 6.25. The molecule has 0 spiro atoms. The first-order valence-corrected chi connectivity index (χ1v) is 6.87. The van der Waals surface area contributed by atoms with Gasteiger partial charge < -0.3 is 5.32 Å². The quantitative estimate of drug-likeness (QED) is 0.910. The van der Waals surface area contributed by atoms with E-state index in [4.69, 9.17) is 11.6 Å². The standard InChI is InChI=1S/C13H15ClN2S/c1-3-15-12(13-10(14)5-7-17-13)11-8-9(2)4-6-16-11/h4-8,12,15H,3H2,1-2H3. The zero-order chi connectivity index (χ0) is 12.3. The minimum Gasteiger partial charge on any atom is -0.305 e. The summed E-state index contributed by atoms with van der Waals surface area (Å²) in [4.78, 5) is 5.57. The average Bonchev–Trinajstić information content (AvgIpc) is 2.72. The summed E-state index contributed by atoms with van der Waals surface area (Å²) < 4.78 is 0. The van der Waals surface area contributed by atoms with Gasteiger partial charge in [0, 0.05) is 11.1 Å². The van der Waals surface area contributed by atoms with E-state index in [-0.39, 0.29) is 6.04 Å². The topological polar surface area (TPSA) is 24.9 Å². The van der Waals surface area contributed by atoms with E-state index in [0.717, 1.165) is 22.1 Å². The maximum Gasteiger partial charge on any atom is 0.0860 e. The maximum absolute atomic E-state index is 6.20. The van der Waals surface area contributed by atoms with Gasteiger partial charge in [-0.25, -0.2) is 0 Å². The van der Waals surface area contributed by atoms with Crippen LogP contribution in [0.25, 0.3) is 0 Å². The van der Waals surface area contributed by atoms with E-state index < -0.39 is 0 Å². The molecule has 2 rings (SSSR count). The Morgan fingerprint density at radius 2 is 2.29 bits per heavy atom. The van der Waals surface area contributed by atoms with E-state index in [9.17, 15) is 0 Å². The van der Waals surface area contributed by atoms with Crippen LogP contribution in [0.4, 0.5) is 0 Å². The number of aromatic nitrogens is 1. The van der Waals surface area contributed by atoms with E-state index in [0.29, 0.717) is 0 Å². The maximum atomic E-state index is 6.20. The molecule has 17 heavy (non-hydrogen) atoms. The van der Waals surface area contributed by atoms with Crippen LogP contribution in [0.3, 0.4) is 0 Å². The van der Waals surface area contributed by atoms with Crippen molar-refractivity contribution in [2.75, 3.05) is 6.54 Å². The fraction of sp³-hybridized carbons (Fsp3) is 0.308. The Bertz CT molecular complexity index is 496. The molecule has 4 heteroatoms. The highest BCUT2D eigenvalue weighted by Gasteiger charge is 2.18. The molecule has 0 saturated carbocycles. The molecule has 0 fully saturated rings. The molecule has 1 atom stereocenters. The first-order chi connectivity index (χ1) is 8.22. The number of aryl methyl sites for hydroxylation is 1. The predicted octanol–water partition coefficient (Wildman–Crippen LogP) is 3.80. The van der Waals surface area contributed by atoms with Gasteiger partial charge in [0.25, 0.3) is 0 Å². The van der Waals surface area contributed by atoms with Crippen molar-refractivity contribution in [3.05, 3.63) is 50.9 Å². The second-order valence-corrected chi connectivity index (χ2v) is 5.24. The molecule has 2 heterocycles. The van der Waals surface area contributed by atoms with E-state index in [1.54, 1.807) is 11.3 Å². The molecule has 0 amide bonds. The molecule has 1 unspecified atom stereocenters. The van der Waals surface area contributed by atoms with Crippen LogP contribution >= 0.6 is 22.9 Å². The van der Waals surface area contributed by atoms with E-state index in [2.05, 4.69) is 30.2 Å². The molecular weight excluding hydrogens is 252 g/mol. The summed E-state index contributed by atoms with van der Waals surface area (Å²) in [7, 11) is 0. The molecule has 0 aliphatic rings. The van der Waals surface area contributed by atoms with Crippen LogP contribution in [0.15, 0.2) is 29.8 Å². The van der Waals surface area contributed by atoms with Gasteiger partial charge in [-0.05, 0) is 42.6 Å². The van der Waals surface area contributed by atoms with Crippen molar-refractivity contribution >= 4 is 22.9 Å². The molecule has 0 aromatic carbocycles.